The normalized spacial score (nSPS) is 15.1. The molecule has 0 amide bonds. The number of fused-ring (bicyclic) bond motifs is 3. The molecule has 6 nitrogen and oxygen atoms in total. The van der Waals surface area contributed by atoms with E-state index in [4.69, 9.17) is 9.47 Å². The van der Waals surface area contributed by atoms with Crippen LogP contribution in [0.1, 0.15) is 25.5 Å². The van der Waals surface area contributed by atoms with E-state index in [1.54, 1.807) is 32.0 Å². The van der Waals surface area contributed by atoms with Crippen molar-refractivity contribution in [1.29, 1.82) is 0 Å². The second-order valence-electron chi connectivity index (χ2n) is 6.98. The Kier molecular flexibility index (Phi) is 5.41. The first-order valence-corrected chi connectivity index (χ1v) is 11.1. The third-order valence-corrected chi connectivity index (χ3v) is 6.99. The zero-order chi connectivity index (χ0) is 22.2. The van der Waals surface area contributed by atoms with Gasteiger partial charge >= 0.3 is 6.16 Å². The second kappa shape index (κ2) is 8.03. The number of anilines is 1. The lowest BCUT2D eigenvalue weighted by Gasteiger charge is -2.37. The van der Waals surface area contributed by atoms with Gasteiger partial charge in [0.1, 0.15) is 11.6 Å². The van der Waals surface area contributed by atoms with Crippen LogP contribution in [0.3, 0.4) is 0 Å². The minimum atomic E-state index is -4.00. The summed E-state index contributed by atoms with van der Waals surface area (Å²) in [6.45, 7) is 3.54. The molecule has 3 aromatic rings. The Morgan fingerprint density at radius 3 is 2.45 bits per heavy atom. The van der Waals surface area contributed by atoms with Crippen molar-refractivity contribution in [1.82, 2.24) is 0 Å². The maximum Gasteiger partial charge on any atom is 0.513 e. The SMILES string of the molecule is CCOC(=O)Oc1ccc(S(=O)(=O)N2c3ccccc3-c3ccc(F)cc3[C@@H]2C)cc1. The highest BCUT2D eigenvalue weighted by Gasteiger charge is 2.36. The Hall–Kier alpha value is -3.39. The number of hydrogen-bond donors (Lipinski definition) is 0. The molecule has 0 aromatic heterocycles. The van der Waals surface area contributed by atoms with Gasteiger partial charge in [-0.2, -0.15) is 0 Å². The van der Waals surface area contributed by atoms with E-state index >= 15 is 0 Å². The van der Waals surface area contributed by atoms with E-state index in [0.29, 0.717) is 16.8 Å². The van der Waals surface area contributed by atoms with Crippen molar-refractivity contribution < 1.29 is 27.1 Å². The van der Waals surface area contributed by atoms with Crippen LogP contribution in [-0.2, 0) is 14.8 Å². The molecule has 1 aliphatic rings. The summed E-state index contributed by atoms with van der Waals surface area (Å²) < 4.78 is 52.2. The maximum atomic E-state index is 14.0. The number of carbonyl (C=O) groups excluding carboxylic acids is 1. The predicted molar refractivity (Wildman–Crippen MR) is 114 cm³/mol. The third kappa shape index (κ3) is 3.74. The number of carbonyl (C=O) groups is 1. The van der Waals surface area contributed by atoms with Gasteiger partial charge < -0.3 is 9.47 Å². The molecule has 1 heterocycles. The molecule has 0 fully saturated rings. The Morgan fingerprint density at radius 2 is 1.74 bits per heavy atom. The zero-order valence-electron chi connectivity index (χ0n) is 16.9. The van der Waals surface area contributed by atoms with Gasteiger partial charge in [-0.25, -0.2) is 17.6 Å². The lowest BCUT2D eigenvalue weighted by Crippen LogP contribution is -2.36. The molecular weight excluding hydrogens is 421 g/mol. The van der Waals surface area contributed by atoms with E-state index in [2.05, 4.69) is 0 Å². The number of rotatable bonds is 4. The molecule has 4 rings (SSSR count). The highest BCUT2D eigenvalue weighted by atomic mass is 32.2. The molecule has 8 heteroatoms. The average molecular weight is 441 g/mol. The number of sulfonamides is 1. The van der Waals surface area contributed by atoms with Crippen molar-refractivity contribution in [2.75, 3.05) is 10.9 Å². The van der Waals surface area contributed by atoms with Gasteiger partial charge in [-0.05, 0) is 67.4 Å². The first kappa shape index (κ1) is 20.9. The summed E-state index contributed by atoms with van der Waals surface area (Å²) in [5, 5.41) is 0. The van der Waals surface area contributed by atoms with Crippen LogP contribution >= 0.6 is 0 Å². The molecule has 31 heavy (non-hydrogen) atoms. The number of nitrogens with zero attached hydrogens (tertiary/aromatic N) is 1. The summed E-state index contributed by atoms with van der Waals surface area (Å²) in [4.78, 5) is 11.5. The van der Waals surface area contributed by atoms with Gasteiger partial charge in [0.25, 0.3) is 10.0 Å². The van der Waals surface area contributed by atoms with Crippen LogP contribution in [0.25, 0.3) is 11.1 Å². The van der Waals surface area contributed by atoms with Gasteiger partial charge in [-0.15, -0.1) is 0 Å². The summed E-state index contributed by atoms with van der Waals surface area (Å²) in [5.41, 5.74) is 2.61. The molecule has 1 aliphatic heterocycles. The highest BCUT2D eigenvalue weighted by Crippen LogP contribution is 2.47. The summed E-state index contributed by atoms with van der Waals surface area (Å²) in [6.07, 6.45) is -0.865. The van der Waals surface area contributed by atoms with Gasteiger partial charge in [-0.3, -0.25) is 4.31 Å². The largest absolute Gasteiger partial charge is 0.513 e. The second-order valence-corrected chi connectivity index (χ2v) is 8.80. The van der Waals surface area contributed by atoms with E-state index in [1.807, 2.05) is 12.1 Å². The standard InChI is InChI=1S/C23H20FNO5S/c1-3-29-23(26)30-17-9-11-18(12-10-17)31(27,28)25-15(2)21-14-16(24)8-13-19(21)20-6-4-5-7-22(20)25/h4-15H,3H2,1-2H3/t15-/m0/s1. The van der Waals surface area contributed by atoms with Gasteiger partial charge in [0, 0.05) is 5.56 Å². The fourth-order valence-corrected chi connectivity index (χ4v) is 5.38. The number of ether oxygens (including phenoxy) is 2. The minimum absolute atomic E-state index is 0.0187. The first-order chi connectivity index (χ1) is 14.8. The van der Waals surface area contributed by atoms with Crippen LogP contribution in [0.4, 0.5) is 14.9 Å². The Morgan fingerprint density at radius 1 is 1.03 bits per heavy atom. The zero-order valence-corrected chi connectivity index (χ0v) is 17.7. The van der Waals surface area contributed by atoms with Crippen LogP contribution in [0.2, 0.25) is 0 Å². The fraction of sp³-hybridized carbons (Fsp3) is 0.174. The number of para-hydroxylation sites is 1. The van der Waals surface area contributed by atoms with Crippen molar-refractivity contribution in [3.8, 4) is 16.9 Å². The van der Waals surface area contributed by atoms with Gasteiger partial charge in [0.05, 0.1) is 23.2 Å². The van der Waals surface area contributed by atoms with Crippen LogP contribution < -0.4 is 9.04 Å². The smallest absolute Gasteiger partial charge is 0.434 e. The molecule has 0 spiro atoms. The molecule has 0 saturated heterocycles. The Bertz CT molecular complexity index is 1240. The lowest BCUT2D eigenvalue weighted by molar-refractivity contribution is 0.104. The number of benzene rings is 3. The van der Waals surface area contributed by atoms with E-state index in [-0.39, 0.29) is 17.3 Å². The third-order valence-electron chi connectivity index (χ3n) is 5.09. The molecule has 0 bridgehead atoms. The van der Waals surface area contributed by atoms with Crippen molar-refractivity contribution in [2.24, 2.45) is 0 Å². The lowest BCUT2D eigenvalue weighted by atomic mass is 9.90. The van der Waals surface area contributed by atoms with E-state index < -0.39 is 28.0 Å². The van der Waals surface area contributed by atoms with Crippen LogP contribution in [0.15, 0.2) is 71.6 Å². The molecule has 0 unspecified atom stereocenters. The van der Waals surface area contributed by atoms with E-state index in [9.17, 15) is 17.6 Å². The van der Waals surface area contributed by atoms with Crippen LogP contribution in [0.5, 0.6) is 5.75 Å². The Balaban J connectivity index is 1.75. The first-order valence-electron chi connectivity index (χ1n) is 9.71. The van der Waals surface area contributed by atoms with Crippen molar-refractivity contribution in [3.63, 3.8) is 0 Å². The quantitative estimate of drug-likeness (QED) is 0.406. The summed E-state index contributed by atoms with van der Waals surface area (Å²) >= 11 is 0. The molecule has 0 saturated carbocycles. The summed E-state index contributed by atoms with van der Waals surface area (Å²) in [6, 6.07) is 16.4. The van der Waals surface area contributed by atoms with E-state index in [0.717, 1.165) is 5.56 Å². The van der Waals surface area contributed by atoms with Crippen LogP contribution in [0, 0.1) is 5.82 Å². The number of halogens is 1. The number of hydrogen-bond acceptors (Lipinski definition) is 5. The van der Waals surface area contributed by atoms with Gasteiger partial charge in [-0.1, -0.05) is 24.3 Å². The maximum absolute atomic E-state index is 14.0. The molecule has 0 N–H and O–H groups in total. The highest BCUT2D eigenvalue weighted by molar-refractivity contribution is 7.92. The Labute approximate surface area is 179 Å². The molecule has 1 atom stereocenters. The van der Waals surface area contributed by atoms with Crippen molar-refractivity contribution >= 4 is 21.9 Å². The summed E-state index contributed by atoms with van der Waals surface area (Å²) in [5.74, 6) is -0.264. The minimum Gasteiger partial charge on any atom is -0.434 e. The van der Waals surface area contributed by atoms with Crippen LogP contribution in [-0.4, -0.2) is 21.2 Å². The molecule has 0 radical (unpaired) electrons. The van der Waals surface area contributed by atoms with Crippen molar-refractivity contribution in [2.45, 2.75) is 24.8 Å². The monoisotopic (exact) mass is 441 g/mol. The molecular formula is C23H20FNO5S. The predicted octanol–water partition coefficient (Wildman–Crippen LogP) is 5.30. The van der Waals surface area contributed by atoms with Gasteiger partial charge in [0.15, 0.2) is 0 Å². The average Bonchev–Trinajstić information content (AvgIpc) is 2.74. The van der Waals surface area contributed by atoms with Crippen molar-refractivity contribution in [3.05, 3.63) is 78.1 Å². The fourth-order valence-electron chi connectivity index (χ4n) is 3.73. The topological polar surface area (TPSA) is 72.9 Å². The molecule has 0 aliphatic carbocycles. The van der Waals surface area contributed by atoms with Gasteiger partial charge in [0.2, 0.25) is 0 Å². The molecule has 3 aromatic carbocycles. The van der Waals surface area contributed by atoms with E-state index in [1.165, 1.54) is 40.7 Å². The summed E-state index contributed by atoms with van der Waals surface area (Å²) in [7, 11) is -4.00. The molecule has 160 valence electrons.